The van der Waals surface area contributed by atoms with E-state index in [1.807, 2.05) is 44.0 Å². The predicted octanol–water partition coefficient (Wildman–Crippen LogP) is 2.51. The summed E-state index contributed by atoms with van der Waals surface area (Å²) in [5.41, 5.74) is 0.449. The number of hydrogen-bond acceptors (Lipinski definition) is 3. The van der Waals surface area contributed by atoms with Crippen molar-refractivity contribution < 1.29 is 4.79 Å². The zero-order valence-electron chi connectivity index (χ0n) is 12.1. The van der Waals surface area contributed by atoms with Crippen molar-refractivity contribution in [2.45, 2.75) is 39.0 Å². The van der Waals surface area contributed by atoms with E-state index in [0.29, 0.717) is 5.78 Å². The summed E-state index contributed by atoms with van der Waals surface area (Å²) in [6.07, 6.45) is 1.62. The van der Waals surface area contributed by atoms with Gasteiger partial charge in [0.2, 0.25) is 0 Å². The Morgan fingerprint density at radius 2 is 1.68 bits per heavy atom. The number of carbonyl (C=O) groups is 1. The molecule has 19 heavy (non-hydrogen) atoms. The van der Waals surface area contributed by atoms with E-state index in [9.17, 15) is 4.79 Å². The third-order valence-electron chi connectivity index (χ3n) is 4.09. The molecule has 0 atom stereocenters. The van der Waals surface area contributed by atoms with Gasteiger partial charge in [-0.3, -0.25) is 10.6 Å². The van der Waals surface area contributed by atoms with Crippen molar-refractivity contribution in [2.75, 3.05) is 13.1 Å². The summed E-state index contributed by atoms with van der Waals surface area (Å²) < 4.78 is 0. The van der Waals surface area contributed by atoms with Crippen LogP contribution in [0.15, 0.2) is 30.3 Å². The molecule has 0 aromatic heterocycles. The lowest BCUT2D eigenvalue weighted by molar-refractivity contribution is -0.134. The van der Waals surface area contributed by atoms with Crippen LogP contribution in [-0.2, 0) is 10.2 Å². The van der Waals surface area contributed by atoms with E-state index in [4.69, 9.17) is 5.84 Å². The minimum atomic E-state index is -0.366. The summed E-state index contributed by atoms with van der Waals surface area (Å²) in [7, 11) is 0. The highest BCUT2D eigenvalue weighted by molar-refractivity contribution is 5.94. The molecule has 1 aliphatic rings. The second-order valence-electron chi connectivity index (χ2n) is 6.56. The maximum Gasteiger partial charge on any atom is 0.148 e. The van der Waals surface area contributed by atoms with E-state index in [-0.39, 0.29) is 10.8 Å². The zero-order chi connectivity index (χ0) is 14.1. The molecule has 2 rings (SSSR count). The Morgan fingerprint density at radius 1 is 1.16 bits per heavy atom. The molecule has 0 amide bonds. The Hall–Kier alpha value is -1.19. The summed E-state index contributed by atoms with van der Waals surface area (Å²) in [5, 5.41) is 1.82. The van der Waals surface area contributed by atoms with Crippen LogP contribution in [-0.4, -0.2) is 23.9 Å². The van der Waals surface area contributed by atoms with Gasteiger partial charge < -0.3 is 0 Å². The van der Waals surface area contributed by atoms with Crippen molar-refractivity contribution in [3.63, 3.8) is 0 Å². The lowest BCUT2D eigenvalue weighted by Crippen LogP contribution is -2.52. The van der Waals surface area contributed by atoms with Crippen LogP contribution in [0.4, 0.5) is 0 Å². The average molecular weight is 260 g/mol. The largest absolute Gasteiger partial charge is 0.298 e. The highest BCUT2D eigenvalue weighted by atomic mass is 16.1. The van der Waals surface area contributed by atoms with Gasteiger partial charge in [0, 0.05) is 18.5 Å². The molecule has 0 bridgehead atoms. The number of benzene rings is 1. The third kappa shape index (κ3) is 2.72. The van der Waals surface area contributed by atoms with Gasteiger partial charge in [0.1, 0.15) is 5.78 Å². The van der Waals surface area contributed by atoms with Gasteiger partial charge in [-0.1, -0.05) is 51.1 Å². The SMILES string of the molecule is CC(C)(C)C(=O)C1(c2ccccc2)CCN(N)CC1. The van der Waals surface area contributed by atoms with Crippen LogP contribution in [0.25, 0.3) is 0 Å². The number of carbonyl (C=O) groups excluding carboxylic acids is 1. The van der Waals surface area contributed by atoms with Crippen LogP contribution >= 0.6 is 0 Å². The molecule has 3 heteroatoms. The minimum absolute atomic E-state index is 0.327. The fourth-order valence-electron chi connectivity index (χ4n) is 3.03. The number of hydrogen-bond donors (Lipinski definition) is 1. The molecule has 0 spiro atoms. The smallest absolute Gasteiger partial charge is 0.148 e. The Bertz CT molecular complexity index is 440. The number of nitrogens with two attached hydrogens (primary N) is 1. The summed E-state index contributed by atoms with van der Waals surface area (Å²) in [6.45, 7) is 7.58. The summed E-state index contributed by atoms with van der Waals surface area (Å²) in [4.78, 5) is 13.0. The molecule has 0 saturated carbocycles. The Morgan fingerprint density at radius 3 is 2.16 bits per heavy atom. The van der Waals surface area contributed by atoms with Gasteiger partial charge in [0.05, 0.1) is 5.41 Å². The van der Waals surface area contributed by atoms with Gasteiger partial charge in [0.15, 0.2) is 0 Å². The van der Waals surface area contributed by atoms with Gasteiger partial charge in [-0.15, -0.1) is 0 Å². The first-order valence-electron chi connectivity index (χ1n) is 6.96. The van der Waals surface area contributed by atoms with Crippen molar-refractivity contribution >= 4 is 5.78 Å². The molecule has 104 valence electrons. The molecule has 2 N–H and O–H groups in total. The van der Waals surface area contributed by atoms with Gasteiger partial charge >= 0.3 is 0 Å². The van der Waals surface area contributed by atoms with E-state index < -0.39 is 0 Å². The zero-order valence-corrected chi connectivity index (χ0v) is 12.1. The minimum Gasteiger partial charge on any atom is -0.298 e. The van der Waals surface area contributed by atoms with Crippen molar-refractivity contribution in [3.05, 3.63) is 35.9 Å². The van der Waals surface area contributed by atoms with Crippen LogP contribution in [0.2, 0.25) is 0 Å². The normalized spacial score (nSPS) is 20.2. The fourth-order valence-corrected chi connectivity index (χ4v) is 3.03. The van der Waals surface area contributed by atoms with Gasteiger partial charge in [0.25, 0.3) is 0 Å². The molecular weight excluding hydrogens is 236 g/mol. The molecule has 0 radical (unpaired) electrons. The van der Waals surface area contributed by atoms with E-state index in [2.05, 4.69) is 12.1 Å². The summed E-state index contributed by atoms with van der Waals surface area (Å²) in [6, 6.07) is 10.2. The molecule has 1 fully saturated rings. The number of piperidine rings is 1. The van der Waals surface area contributed by atoms with E-state index in [1.165, 1.54) is 0 Å². The van der Waals surface area contributed by atoms with Gasteiger partial charge in [-0.05, 0) is 18.4 Å². The monoisotopic (exact) mass is 260 g/mol. The summed E-state index contributed by atoms with van der Waals surface area (Å²) >= 11 is 0. The highest BCUT2D eigenvalue weighted by Crippen LogP contribution is 2.40. The molecule has 1 aromatic carbocycles. The molecular formula is C16H24N2O. The summed E-state index contributed by atoms with van der Waals surface area (Å²) in [5.74, 6) is 6.20. The van der Waals surface area contributed by atoms with Gasteiger partial charge in [-0.25, -0.2) is 5.01 Å². The van der Waals surface area contributed by atoms with Crippen molar-refractivity contribution in [2.24, 2.45) is 11.3 Å². The highest BCUT2D eigenvalue weighted by Gasteiger charge is 2.46. The number of nitrogens with zero attached hydrogens (tertiary/aromatic N) is 1. The van der Waals surface area contributed by atoms with Crippen LogP contribution < -0.4 is 5.84 Å². The maximum absolute atomic E-state index is 13.0. The van der Waals surface area contributed by atoms with Crippen molar-refractivity contribution in [1.82, 2.24) is 5.01 Å². The lowest BCUT2D eigenvalue weighted by Gasteiger charge is -2.42. The Balaban J connectivity index is 2.43. The van der Waals surface area contributed by atoms with E-state index >= 15 is 0 Å². The standard InChI is InChI=1S/C16H24N2O/c1-15(2,3)14(19)16(9-11-18(17)12-10-16)13-7-5-4-6-8-13/h4-8H,9-12,17H2,1-3H3. The first kappa shape index (κ1) is 14.2. The van der Waals surface area contributed by atoms with E-state index in [1.54, 1.807) is 0 Å². The Kier molecular flexibility index (Phi) is 3.79. The number of hydrazine groups is 1. The third-order valence-corrected chi connectivity index (χ3v) is 4.09. The van der Waals surface area contributed by atoms with Gasteiger partial charge in [-0.2, -0.15) is 0 Å². The fraction of sp³-hybridized carbons (Fsp3) is 0.562. The van der Waals surface area contributed by atoms with E-state index in [0.717, 1.165) is 31.5 Å². The molecule has 3 nitrogen and oxygen atoms in total. The second-order valence-corrected chi connectivity index (χ2v) is 6.56. The average Bonchev–Trinajstić information content (AvgIpc) is 2.39. The molecule has 1 heterocycles. The maximum atomic E-state index is 13.0. The molecule has 0 unspecified atom stereocenters. The Labute approximate surface area is 115 Å². The predicted molar refractivity (Wildman–Crippen MR) is 77.6 cm³/mol. The second kappa shape index (κ2) is 5.06. The van der Waals surface area contributed by atoms with Crippen molar-refractivity contribution in [3.8, 4) is 0 Å². The number of rotatable bonds is 2. The van der Waals surface area contributed by atoms with Crippen LogP contribution in [0, 0.1) is 5.41 Å². The van der Waals surface area contributed by atoms with Crippen LogP contribution in [0.5, 0.6) is 0 Å². The lowest BCUT2D eigenvalue weighted by atomic mass is 9.64. The van der Waals surface area contributed by atoms with Crippen molar-refractivity contribution in [1.29, 1.82) is 0 Å². The number of ketones is 1. The number of Topliss-reactive ketones (excluding diaryl/α,β-unsaturated/α-hetero) is 1. The first-order chi connectivity index (χ1) is 8.86. The molecule has 0 aliphatic carbocycles. The quantitative estimate of drug-likeness (QED) is 0.831. The molecule has 1 aliphatic heterocycles. The van der Waals surface area contributed by atoms with Crippen LogP contribution in [0.3, 0.4) is 0 Å². The molecule has 1 aromatic rings. The molecule has 1 saturated heterocycles. The van der Waals surface area contributed by atoms with Crippen LogP contribution in [0.1, 0.15) is 39.2 Å². The first-order valence-corrected chi connectivity index (χ1v) is 6.96. The topological polar surface area (TPSA) is 46.3 Å².